The summed E-state index contributed by atoms with van der Waals surface area (Å²) in [7, 11) is 0. The molecule has 2 N–H and O–H groups in total. The molecule has 2 aromatic carbocycles. The first-order chi connectivity index (χ1) is 12.4. The second kappa shape index (κ2) is 7.21. The number of aromatic nitrogens is 1. The predicted octanol–water partition coefficient (Wildman–Crippen LogP) is 5.11. The van der Waals surface area contributed by atoms with Gasteiger partial charge in [0.25, 0.3) is 5.91 Å². The lowest BCUT2D eigenvalue weighted by molar-refractivity contribution is 0.102. The van der Waals surface area contributed by atoms with E-state index in [0.717, 1.165) is 27.1 Å². The first-order valence-corrected chi connectivity index (χ1v) is 8.92. The number of aryl methyl sites for hydroxylation is 2. The molecule has 1 heterocycles. The molecule has 0 radical (unpaired) electrons. The number of nitrogens with one attached hydrogen (secondary N) is 2. The lowest BCUT2D eigenvalue weighted by Gasteiger charge is -2.12. The number of nitrogens with zero attached hydrogens (tertiary/aromatic N) is 2. The van der Waals surface area contributed by atoms with E-state index >= 15 is 0 Å². The van der Waals surface area contributed by atoms with Gasteiger partial charge in [-0.3, -0.25) is 10.2 Å². The quantitative estimate of drug-likeness (QED) is 0.495. The van der Waals surface area contributed by atoms with Crippen LogP contribution in [0.5, 0.6) is 0 Å². The SMILES string of the molecule is CC(C)=NNc1nc2cc(C)c(NC(=O)c3ccccc3F)c(C)c2s1. The molecule has 0 fully saturated rings. The fraction of sp³-hybridized carbons (Fsp3) is 0.211. The average Bonchev–Trinajstić information content (AvgIpc) is 3.00. The topological polar surface area (TPSA) is 66.4 Å². The first kappa shape index (κ1) is 18.0. The zero-order chi connectivity index (χ0) is 18.8. The monoisotopic (exact) mass is 370 g/mol. The number of hydrogen-bond donors (Lipinski definition) is 2. The Bertz CT molecular complexity index is 1020. The van der Waals surface area contributed by atoms with Crippen molar-refractivity contribution in [2.75, 3.05) is 10.7 Å². The van der Waals surface area contributed by atoms with Gasteiger partial charge in [0.15, 0.2) is 0 Å². The summed E-state index contributed by atoms with van der Waals surface area (Å²) < 4.78 is 14.8. The van der Waals surface area contributed by atoms with Crippen LogP contribution in [0.2, 0.25) is 0 Å². The molecule has 5 nitrogen and oxygen atoms in total. The molecule has 0 aliphatic carbocycles. The van der Waals surface area contributed by atoms with Crippen molar-refractivity contribution in [2.45, 2.75) is 27.7 Å². The minimum Gasteiger partial charge on any atom is -0.321 e. The second-order valence-corrected chi connectivity index (χ2v) is 7.16. The van der Waals surface area contributed by atoms with Crippen LogP contribution in [-0.2, 0) is 0 Å². The van der Waals surface area contributed by atoms with E-state index in [0.29, 0.717) is 10.8 Å². The predicted molar refractivity (Wildman–Crippen MR) is 106 cm³/mol. The van der Waals surface area contributed by atoms with Crippen molar-refractivity contribution in [3.63, 3.8) is 0 Å². The molecule has 0 aliphatic rings. The molecular weight excluding hydrogens is 351 g/mol. The molecule has 0 spiro atoms. The Hall–Kier alpha value is -2.80. The van der Waals surface area contributed by atoms with Gasteiger partial charge in [-0.1, -0.05) is 23.5 Å². The summed E-state index contributed by atoms with van der Waals surface area (Å²) in [4.78, 5) is 17.0. The van der Waals surface area contributed by atoms with E-state index in [1.165, 1.54) is 23.5 Å². The van der Waals surface area contributed by atoms with Gasteiger partial charge in [0.1, 0.15) is 5.82 Å². The lowest BCUT2D eigenvalue weighted by atomic mass is 10.1. The summed E-state index contributed by atoms with van der Waals surface area (Å²) in [5.41, 5.74) is 7.12. The second-order valence-electron chi connectivity index (χ2n) is 6.17. The number of benzene rings is 2. The number of thiazole rings is 1. The Morgan fingerprint density at radius 2 is 1.96 bits per heavy atom. The third-order valence-electron chi connectivity index (χ3n) is 3.85. The Kier molecular flexibility index (Phi) is 4.99. The van der Waals surface area contributed by atoms with Crippen molar-refractivity contribution < 1.29 is 9.18 Å². The maximum Gasteiger partial charge on any atom is 0.258 e. The molecule has 3 rings (SSSR count). The number of hydrazone groups is 1. The molecule has 0 saturated heterocycles. The highest BCUT2D eigenvalue weighted by atomic mass is 32.1. The van der Waals surface area contributed by atoms with Gasteiger partial charge < -0.3 is 5.32 Å². The molecule has 0 bridgehead atoms. The Morgan fingerprint density at radius 3 is 2.65 bits per heavy atom. The molecule has 0 saturated carbocycles. The van der Waals surface area contributed by atoms with Crippen LogP contribution in [0, 0.1) is 19.7 Å². The summed E-state index contributed by atoms with van der Waals surface area (Å²) in [5.74, 6) is -1.01. The van der Waals surface area contributed by atoms with Gasteiger partial charge in [0, 0.05) is 11.4 Å². The van der Waals surface area contributed by atoms with Gasteiger partial charge >= 0.3 is 0 Å². The normalized spacial score (nSPS) is 10.7. The molecule has 3 aromatic rings. The third kappa shape index (κ3) is 3.57. The van der Waals surface area contributed by atoms with E-state index in [9.17, 15) is 9.18 Å². The minimum atomic E-state index is -0.543. The highest BCUT2D eigenvalue weighted by Gasteiger charge is 2.17. The molecule has 1 amide bonds. The van der Waals surface area contributed by atoms with Gasteiger partial charge in [-0.05, 0) is 57.0 Å². The summed E-state index contributed by atoms with van der Waals surface area (Å²) in [6.07, 6.45) is 0. The molecule has 0 aliphatic heterocycles. The van der Waals surface area contributed by atoms with E-state index in [1.807, 2.05) is 33.8 Å². The largest absolute Gasteiger partial charge is 0.321 e. The zero-order valence-electron chi connectivity index (χ0n) is 15.0. The van der Waals surface area contributed by atoms with Crippen LogP contribution in [0.4, 0.5) is 15.2 Å². The number of carbonyl (C=O) groups excluding carboxylic acids is 1. The van der Waals surface area contributed by atoms with Crippen molar-refractivity contribution in [3.05, 3.63) is 52.8 Å². The molecule has 26 heavy (non-hydrogen) atoms. The Morgan fingerprint density at radius 1 is 1.23 bits per heavy atom. The lowest BCUT2D eigenvalue weighted by Crippen LogP contribution is -2.15. The molecule has 0 unspecified atom stereocenters. The number of halogens is 1. The van der Waals surface area contributed by atoms with E-state index in [1.54, 1.807) is 12.1 Å². The number of rotatable bonds is 4. The van der Waals surface area contributed by atoms with Crippen LogP contribution in [0.15, 0.2) is 35.4 Å². The number of anilines is 2. The van der Waals surface area contributed by atoms with Gasteiger partial charge in [0.2, 0.25) is 5.13 Å². The van der Waals surface area contributed by atoms with Crippen LogP contribution >= 0.6 is 11.3 Å². The maximum absolute atomic E-state index is 13.9. The maximum atomic E-state index is 13.9. The van der Waals surface area contributed by atoms with E-state index < -0.39 is 11.7 Å². The highest BCUT2D eigenvalue weighted by molar-refractivity contribution is 7.22. The minimum absolute atomic E-state index is 0.0193. The third-order valence-corrected chi connectivity index (χ3v) is 4.94. The molecule has 134 valence electrons. The Balaban J connectivity index is 1.97. The van der Waals surface area contributed by atoms with Crippen molar-refractivity contribution in [3.8, 4) is 0 Å². The average molecular weight is 370 g/mol. The number of fused-ring (bicyclic) bond motifs is 1. The number of amides is 1. The smallest absolute Gasteiger partial charge is 0.258 e. The molecule has 1 aromatic heterocycles. The number of hydrogen-bond acceptors (Lipinski definition) is 5. The first-order valence-electron chi connectivity index (χ1n) is 8.10. The van der Waals surface area contributed by atoms with Crippen LogP contribution in [0.25, 0.3) is 10.2 Å². The van der Waals surface area contributed by atoms with Gasteiger partial charge in [0.05, 0.1) is 15.8 Å². The van der Waals surface area contributed by atoms with Crippen LogP contribution in [0.3, 0.4) is 0 Å². The fourth-order valence-electron chi connectivity index (χ4n) is 2.61. The summed E-state index contributed by atoms with van der Waals surface area (Å²) >= 11 is 1.46. The molecule has 7 heteroatoms. The van der Waals surface area contributed by atoms with Gasteiger partial charge in [-0.15, -0.1) is 0 Å². The van der Waals surface area contributed by atoms with Crippen molar-refractivity contribution in [2.24, 2.45) is 5.10 Å². The van der Waals surface area contributed by atoms with Crippen molar-refractivity contribution in [1.29, 1.82) is 0 Å². The Labute approximate surface area is 155 Å². The zero-order valence-corrected chi connectivity index (χ0v) is 15.8. The van der Waals surface area contributed by atoms with Gasteiger partial charge in [-0.25, -0.2) is 9.37 Å². The summed E-state index contributed by atoms with van der Waals surface area (Å²) in [5, 5.41) is 7.69. The summed E-state index contributed by atoms with van der Waals surface area (Å²) in [6.45, 7) is 7.60. The molecular formula is C19H19FN4OS. The van der Waals surface area contributed by atoms with E-state index in [2.05, 4.69) is 20.8 Å². The highest BCUT2D eigenvalue weighted by Crippen LogP contribution is 2.35. The van der Waals surface area contributed by atoms with E-state index in [4.69, 9.17) is 0 Å². The van der Waals surface area contributed by atoms with E-state index in [-0.39, 0.29) is 5.56 Å². The molecule has 0 atom stereocenters. The standard InChI is InChI=1S/C19H19FN4OS/c1-10(2)23-24-19-21-15-9-11(3)16(12(4)17(15)26-19)22-18(25)13-7-5-6-8-14(13)20/h5-9H,1-4H3,(H,21,24)(H,22,25). The van der Waals surface area contributed by atoms with Crippen LogP contribution in [-0.4, -0.2) is 16.6 Å². The summed E-state index contributed by atoms with van der Waals surface area (Å²) in [6, 6.07) is 7.84. The van der Waals surface area contributed by atoms with Crippen LogP contribution < -0.4 is 10.7 Å². The van der Waals surface area contributed by atoms with Gasteiger partial charge in [-0.2, -0.15) is 5.10 Å². The van der Waals surface area contributed by atoms with Crippen molar-refractivity contribution in [1.82, 2.24) is 4.98 Å². The fourth-order valence-corrected chi connectivity index (χ4v) is 3.50. The van der Waals surface area contributed by atoms with Crippen LogP contribution in [0.1, 0.15) is 35.3 Å². The number of carbonyl (C=O) groups is 1. The van der Waals surface area contributed by atoms with Crippen molar-refractivity contribution >= 4 is 44.0 Å².